The SMILES string of the molecule is COC(=O)CCC1c2ccc(OC)cc2CC1N. The van der Waals surface area contributed by atoms with Crippen LogP contribution in [0.1, 0.15) is 29.9 Å². The summed E-state index contributed by atoms with van der Waals surface area (Å²) in [5.41, 5.74) is 8.63. The van der Waals surface area contributed by atoms with Crippen molar-refractivity contribution in [2.45, 2.75) is 31.2 Å². The second-order valence-corrected chi connectivity index (χ2v) is 4.65. The first-order valence-electron chi connectivity index (χ1n) is 6.15. The maximum Gasteiger partial charge on any atom is 0.305 e. The Hall–Kier alpha value is -1.55. The van der Waals surface area contributed by atoms with Crippen LogP contribution in [0.4, 0.5) is 0 Å². The highest BCUT2D eigenvalue weighted by molar-refractivity contribution is 5.69. The molecule has 1 aliphatic rings. The number of carbonyl (C=O) groups is 1. The van der Waals surface area contributed by atoms with E-state index < -0.39 is 0 Å². The van der Waals surface area contributed by atoms with Gasteiger partial charge in [-0.05, 0) is 36.1 Å². The zero-order valence-corrected chi connectivity index (χ0v) is 10.8. The van der Waals surface area contributed by atoms with Crippen molar-refractivity contribution in [3.8, 4) is 5.75 Å². The van der Waals surface area contributed by atoms with Crippen molar-refractivity contribution in [2.75, 3.05) is 14.2 Å². The molecule has 2 unspecified atom stereocenters. The fraction of sp³-hybridized carbons (Fsp3) is 0.500. The predicted molar refractivity (Wildman–Crippen MR) is 68.7 cm³/mol. The van der Waals surface area contributed by atoms with E-state index in [1.807, 2.05) is 12.1 Å². The third-order valence-electron chi connectivity index (χ3n) is 3.61. The Balaban J connectivity index is 2.12. The van der Waals surface area contributed by atoms with Crippen molar-refractivity contribution < 1.29 is 14.3 Å². The van der Waals surface area contributed by atoms with Crippen LogP contribution in [0, 0.1) is 0 Å². The molecule has 0 aromatic heterocycles. The third kappa shape index (κ3) is 2.48. The van der Waals surface area contributed by atoms with Gasteiger partial charge in [-0.2, -0.15) is 0 Å². The lowest BCUT2D eigenvalue weighted by Gasteiger charge is -2.15. The van der Waals surface area contributed by atoms with Gasteiger partial charge in [0.15, 0.2) is 0 Å². The normalized spacial score (nSPS) is 21.5. The summed E-state index contributed by atoms with van der Waals surface area (Å²) in [5.74, 6) is 0.920. The Morgan fingerprint density at radius 1 is 1.44 bits per heavy atom. The topological polar surface area (TPSA) is 61.5 Å². The van der Waals surface area contributed by atoms with Crippen LogP contribution in [-0.4, -0.2) is 26.2 Å². The van der Waals surface area contributed by atoms with Gasteiger partial charge in [0, 0.05) is 18.4 Å². The molecule has 1 aliphatic carbocycles. The second kappa shape index (κ2) is 5.40. The first-order valence-corrected chi connectivity index (χ1v) is 6.15. The molecule has 4 nitrogen and oxygen atoms in total. The molecule has 4 heteroatoms. The molecule has 0 saturated carbocycles. The lowest BCUT2D eigenvalue weighted by molar-refractivity contribution is -0.140. The summed E-state index contributed by atoms with van der Waals surface area (Å²) >= 11 is 0. The zero-order valence-electron chi connectivity index (χ0n) is 10.8. The molecule has 2 rings (SSSR count). The molecular formula is C14H19NO3. The first-order chi connectivity index (χ1) is 8.65. The van der Waals surface area contributed by atoms with Gasteiger partial charge in [-0.25, -0.2) is 0 Å². The molecule has 0 amide bonds. The van der Waals surface area contributed by atoms with Crippen LogP contribution < -0.4 is 10.5 Å². The summed E-state index contributed by atoms with van der Waals surface area (Å²) < 4.78 is 9.88. The van der Waals surface area contributed by atoms with Crippen molar-refractivity contribution >= 4 is 5.97 Å². The number of hydrogen-bond donors (Lipinski definition) is 1. The Bertz CT molecular complexity index is 445. The van der Waals surface area contributed by atoms with Crippen LogP contribution in [0.5, 0.6) is 5.75 Å². The predicted octanol–water partition coefficient (Wildman–Crippen LogP) is 1.62. The van der Waals surface area contributed by atoms with Crippen LogP contribution in [0.25, 0.3) is 0 Å². The highest BCUT2D eigenvalue weighted by atomic mass is 16.5. The van der Waals surface area contributed by atoms with E-state index in [2.05, 4.69) is 10.8 Å². The maximum absolute atomic E-state index is 11.2. The molecule has 1 aromatic rings. The van der Waals surface area contributed by atoms with E-state index in [4.69, 9.17) is 10.5 Å². The van der Waals surface area contributed by atoms with Gasteiger partial charge >= 0.3 is 5.97 Å². The summed E-state index contributed by atoms with van der Waals surface area (Å²) in [4.78, 5) is 11.2. The van der Waals surface area contributed by atoms with Gasteiger partial charge in [0.2, 0.25) is 0 Å². The lowest BCUT2D eigenvalue weighted by atomic mass is 9.93. The number of hydrogen-bond acceptors (Lipinski definition) is 4. The molecule has 2 atom stereocenters. The first kappa shape index (κ1) is 12.9. The number of methoxy groups -OCH3 is 2. The van der Waals surface area contributed by atoms with Crippen molar-refractivity contribution in [1.82, 2.24) is 0 Å². The van der Waals surface area contributed by atoms with Crippen LogP contribution >= 0.6 is 0 Å². The molecule has 0 heterocycles. The quantitative estimate of drug-likeness (QED) is 0.824. The average molecular weight is 249 g/mol. The molecule has 0 fully saturated rings. The van der Waals surface area contributed by atoms with Gasteiger partial charge in [-0.3, -0.25) is 4.79 Å². The summed E-state index contributed by atoms with van der Waals surface area (Å²) in [6.07, 6.45) is 2.01. The van der Waals surface area contributed by atoms with E-state index in [9.17, 15) is 4.79 Å². The molecular weight excluding hydrogens is 230 g/mol. The Morgan fingerprint density at radius 2 is 2.22 bits per heavy atom. The average Bonchev–Trinajstić information content (AvgIpc) is 2.70. The molecule has 98 valence electrons. The van der Waals surface area contributed by atoms with E-state index in [0.29, 0.717) is 6.42 Å². The zero-order chi connectivity index (χ0) is 13.1. The Labute approximate surface area is 107 Å². The maximum atomic E-state index is 11.2. The number of ether oxygens (including phenoxy) is 2. The third-order valence-corrected chi connectivity index (χ3v) is 3.61. The summed E-state index contributed by atoms with van der Waals surface area (Å²) in [6, 6.07) is 6.12. The lowest BCUT2D eigenvalue weighted by Crippen LogP contribution is -2.25. The fourth-order valence-electron chi connectivity index (χ4n) is 2.62. The molecule has 0 saturated heterocycles. The summed E-state index contributed by atoms with van der Waals surface area (Å²) in [5, 5.41) is 0. The number of esters is 1. The van der Waals surface area contributed by atoms with Crippen LogP contribution in [0.15, 0.2) is 18.2 Å². The van der Waals surface area contributed by atoms with E-state index in [1.54, 1.807) is 7.11 Å². The van der Waals surface area contributed by atoms with Gasteiger partial charge in [0.05, 0.1) is 14.2 Å². The van der Waals surface area contributed by atoms with E-state index in [1.165, 1.54) is 18.2 Å². The highest BCUT2D eigenvalue weighted by Gasteiger charge is 2.30. The summed E-state index contributed by atoms with van der Waals surface area (Å²) in [7, 11) is 3.07. The molecule has 0 bridgehead atoms. The highest BCUT2D eigenvalue weighted by Crippen LogP contribution is 2.37. The van der Waals surface area contributed by atoms with Crippen molar-refractivity contribution in [3.63, 3.8) is 0 Å². The largest absolute Gasteiger partial charge is 0.497 e. The number of fused-ring (bicyclic) bond motifs is 1. The van der Waals surface area contributed by atoms with Gasteiger partial charge in [0.1, 0.15) is 5.75 Å². The van der Waals surface area contributed by atoms with E-state index in [0.717, 1.165) is 18.6 Å². The minimum absolute atomic E-state index is 0.0803. The summed E-state index contributed by atoms with van der Waals surface area (Å²) in [6.45, 7) is 0. The van der Waals surface area contributed by atoms with Crippen LogP contribution in [0.2, 0.25) is 0 Å². The second-order valence-electron chi connectivity index (χ2n) is 4.65. The van der Waals surface area contributed by atoms with Gasteiger partial charge in [0.25, 0.3) is 0 Å². The van der Waals surface area contributed by atoms with Crippen LogP contribution in [-0.2, 0) is 16.0 Å². The minimum Gasteiger partial charge on any atom is -0.497 e. The molecule has 1 aromatic carbocycles. The molecule has 18 heavy (non-hydrogen) atoms. The van der Waals surface area contributed by atoms with Crippen molar-refractivity contribution in [2.24, 2.45) is 5.73 Å². The Morgan fingerprint density at radius 3 is 2.89 bits per heavy atom. The number of nitrogens with two attached hydrogens (primary N) is 1. The molecule has 0 aliphatic heterocycles. The van der Waals surface area contributed by atoms with Gasteiger partial charge in [-0.15, -0.1) is 0 Å². The van der Waals surface area contributed by atoms with E-state index in [-0.39, 0.29) is 17.9 Å². The Kier molecular flexibility index (Phi) is 3.87. The van der Waals surface area contributed by atoms with E-state index >= 15 is 0 Å². The van der Waals surface area contributed by atoms with Gasteiger partial charge in [-0.1, -0.05) is 6.07 Å². The monoisotopic (exact) mass is 249 g/mol. The van der Waals surface area contributed by atoms with Crippen LogP contribution in [0.3, 0.4) is 0 Å². The minimum atomic E-state index is -0.177. The molecule has 0 radical (unpaired) electrons. The molecule has 0 spiro atoms. The van der Waals surface area contributed by atoms with Gasteiger partial charge < -0.3 is 15.2 Å². The number of carbonyl (C=O) groups excluding carboxylic acids is 1. The van der Waals surface area contributed by atoms with Crippen molar-refractivity contribution in [1.29, 1.82) is 0 Å². The number of benzene rings is 1. The molecule has 2 N–H and O–H groups in total. The smallest absolute Gasteiger partial charge is 0.305 e. The fourth-order valence-corrected chi connectivity index (χ4v) is 2.62. The standard InChI is InChI=1S/C14H19NO3/c1-17-10-3-4-11-9(7-10)8-13(15)12(11)5-6-14(16)18-2/h3-4,7,12-13H,5-6,8,15H2,1-2H3. The van der Waals surface area contributed by atoms with Crippen molar-refractivity contribution in [3.05, 3.63) is 29.3 Å². The number of rotatable bonds is 4.